The molecule has 2 aromatic carbocycles. The van der Waals surface area contributed by atoms with Crippen molar-refractivity contribution in [3.63, 3.8) is 0 Å². The Bertz CT molecular complexity index is 1670. The number of rotatable bonds is 0. The second-order valence-corrected chi connectivity index (χ2v) is 11.1. The zero-order valence-electron chi connectivity index (χ0n) is 20.3. The molecular formula is C29H22O9. The molecule has 9 heteroatoms. The molecule has 192 valence electrons. The fourth-order valence-corrected chi connectivity index (χ4v) is 7.92. The maximum Gasteiger partial charge on any atom is 0.194 e. The standard InChI is InChI=1S/C29H22O9/c1-8-3-10-15(12(30)5-8)24(34)19-18(23(10)33)17-14(32)7-29-21(17)26(36)20(19)27(37)22(29)25(35)16-11(28(29)38)4-9(2)6-13(16)31/h3-6,14,17,20-21,26,30-32,35-36H,7H2,1-2H3/t14-,17-,20+,21+,26-,29+/m0/s1. The predicted octanol–water partition coefficient (Wildman–Crippen LogP) is 2.11. The van der Waals surface area contributed by atoms with E-state index in [1.807, 2.05) is 0 Å². The largest absolute Gasteiger partial charge is 0.507 e. The summed E-state index contributed by atoms with van der Waals surface area (Å²) in [5, 5.41) is 55.5. The molecule has 9 nitrogen and oxygen atoms in total. The SMILES string of the molecule is Cc1cc(O)c2c(c1)C(=O)C1=C(C2=O)[C@H]2C(=O)C3=C(O)c4c(O)cc(C)cc4C(=O)[C@@]34C[C@H](O)[C@@H]1[C@@H]4[C@H]2O. The average molecular weight is 514 g/mol. The lowest BCUT2D eigenvalue weighted by Crippen LogP contribution is -2.61. The van der Waals surface area contributed by atoms with Gasteiger partial charge >= 0.3 is 0 Å². The summed E-state index contributed by atoms with van der Waals surface area (Å²) in [5.74, 6) is -8.52. The van der Waals surface area contributed by atoms with Crippen molar-refractivity contribution in [3.8, 4) is 11.5 Å². The number of phenolic OH excluding ortho intramolecular Hbond substituents is 2. The third-order valence-corrected chi connectivity index (χ3v) is 9.13. The number of fused-ring (bicyclic) bond motifs is 5. The predicted molar refractivity (Wildman–Crippen MR) is 130 cm³/mol. The van der Waals surface area contributed by atoms with Crippen LogP contribution in [0.2, 0.25) is 0 Å². The highest BCUT2D eigenvalue weighted by Gasteiger charge is 2.73. The molecule has 0 aliphatic heterocycles. The van der Waals surface area contributed by atoms with Crippen LogP contribution in [0.25, 0.3) is 5.76 Å². The van der Waals surface area contributed by atoms with Crippen molar-refractivity contribution >= 4 is 28.9 Å². The minimum absolute atomic E-state index is 0.0493. The lowest BCUT2D eigenvalue weighted by atomic mass is 9.48. The molecule has 38 heavy (non-hydrogen) atoms. The second-order valence-electron chi connectivity index (χ2n) is 11.1. The molecule has 0 radical (unpaired) electrons. The third-order valence-electron chi connectivity index (χ3n) is 9.13. The maximum atomic E-state index is 14.2. The van der Waals surface area contributed by atoms with Gasteiger partial charge in [-0.3, -0.25) is 19.2 Å². The molecule has 2 saturated carbocycles. The Morgan fingerprint density at radius 3 is 2.05 bits per heavy atom. The molecular weight excluding hydrogens is 492 g/mol. The quantitative estimate of drug-likeness (QED) is 0.353. The van der Waals surface area contributed by atoms with Crippen LogP contribution >= 0.6 is 0 Å². The average Bonchev–Trinajstić information content (AvgIpc) is 3.14. The minimum atomic E-state index is -1.86. The molecule has 0 saturated heterocycles. The van der Waals surface area contributed by atoms with Crippen molar-refractivity contribution in [3.05, 3.63) is 74.4 Å². The second kappa shape index (κ2) is 6.86. The number of aliphatic hydroxyl groups excluding tert-OH is 3. The van der Waals surface area contributed by atoms with E-state index in [9.17, 15) is 44.7 Å². The molecule has 6 atom stereocenters. The van der Waals surface area contributed by atoms with E-state index in [1.165, 1.54) is 24.3 Å². The summed E-state index contributed by atoms with van der Waals surface area (Å²) in [6, 6.07) is 5.56. The van der Waals surface area contributed by atoms with Gasteiger partial charge in [0.2, 0.25) is 0 Å². The van der Waals surface area contributed by atoms with Gasteiger partial charge in [-0.15, -0.1) is 0 Å². The number of aryl methyl sites for hydroxylation is 2. The van der Waals surface area contributed by atoms with Gasteiger partial charge in [-0.05, 0) is 55.7 Å². The zero-order chi connectivity index (χ0) is 27.2. The van der Waals surface area contributed by atoms with Crippen LogP contribution < -0.4 is 0 Å². The van der Waals surface area contributed by atoms with Gasteiger partial charge < -0.3 is 25.5 Å². The first-order chi connectivity index (χ1) is 17.9. The molecule has 2 aromatic rings. The Hall–Kier alpha value is -4.08. The van der Waals surface area contributed by atoms with Crippen molar-refractivity contribution in [2.24, 2.45) is 23.2 Å². The smallest absolute Gasteiger partial charge is 0.194 e. The van der Waals surface area contributed by atoms with Crippen molar-refractivity contribution in [1.29, 1.82) is 0 Å². The Morgan fingerprint density at radius 2 is 1.39 bits per heavy atom. The number of phenols is 2. The normalized spacial score (nSPS) is 32.8. The van der Waals surface area contributed by atoms with Gasteiger partial charge in [-0.25, -0.2) is 0 Å². The first-order valence-electron chi connectivity index (χ1n) is 12.3. The number of allylic oxidation sites excluding steroid dienone is 1. The molecule has 2 bridgehead atoms. The summed E-state index contributed by atoms with van der Waals surface area (Å²) in [7, 11) is 0. The van der Waals surface area contributed by atoms with E-state index < -0.39 is 75.8 Å². The summed E-state index contributed by atoms with van der Waals surface area (Å²) in [6.45, 7) is 3.28. The summed E-state index contributed by atoms with van der Waals surface area (Å²) in [5.41, 5.74) is -2.28. The summed E-state index contributed by atoms with van der Waals surface area (Å²) in [6.07, 6.45) is -3.39. The summed E-state index contributed by atoms with van der Waals surface area (Å²) < 4.78 is 0. The van der Waals surface area contributed by atoms with E-state index in [0.717, 1.165) is 0 Å². The molecule has 7 rings (SSSR count). The number of benzene rings is 2. The van der Waals surface area contributed by atoms with Crippen LogP contribution in [0.3, 0.4) is 0 Å². The van der Waals surface area contributed by atoms with Gasteiger partial charge in [0.25, 0.3) is 0 Å². The van der Waals surface area contributed by atoms with Crippen molar-refractivity contribution < 1.29 is 44.7 Å². The lowest BCUT2D eigenvalue weighted by Gasteiger charge is -2.52. The summed E-state index contributed by atoms with van der Waals surface area (Å²) >= 11 is 0. The number of carbonyl (C=O) groups excluding carboxylic acids is 4. The number of ketones is 4. The van der Waals surface area contributed by atoms with Gasteiger partial charge in [0, 0.05) is 34.1 Å². The molecule has 0 unspecified atom stereocenters. The first-order valence-corrected chi connectivity index (χ1v) is 12.3. The van der Waals surface area contributed by atoms with E-state index in [2.05, 4.69) is 0 Å². The topological polar surface area (TPSA) is 169 Å². The first kappa shape index (κ1) is 23.1. The van der Waals surface area contributed by atoms with Crippen LogP contribution in [0, 0.1) is 37.0 Å². The van der Waals surface area contributed by atoms with Gasteiger partial charge in [0.15, 0.2) is 23.1 Å². The Kier molecular flexibility index (Phi) is 4.16. The highest BCUT2D eigenvalue weighted by molar-refractivity contribution is 6.32. The van der Waals surface area contributed by atoms with E-state index >= 15 is 0 Å². The van der Waals surface area contributed by atoms with Crippen LogP contribution in [-0.2, 0) is 4.79 Å². The Balaban J connectivity index is 1.57. The number of carbonyl (C=O) groups is 4. The lowest BCUT2D eigenvalue weighted by molar-refractivity contribution is -0.130. The third kappa shape index (κ3) is 2.31. The molecule has 1 spiro atoms. The number of hydrogen-bond donors (Lipinski definition) is 5. The molecule has 0 amide bonds. The van der Waals surface area contributed by atoms with E-state index in [-0.39, 0.29) is 45.4 Å². The Labute approximate surface area is 215 Å². The molecule has 2 fully saturated rings. The summed E-state index contributed by atoms with van der Waals surface area (Å²) in [4.78, 5) is 56.0. The molecule has 5 aliphatic carbocycles. The fourth-order valence-electron chi connectivity index (χ4n) is 7.92. The highest BCUT2D eigenvalue weighted by Crippen LogP contribution is 2.68. The van der Waals surface area contributed by atoms with Crippen LogP contribution in [0.1, 0.15) is 54.2 Å². The van der Waals surface area contributed by atoms with Crippen LogP contribution in [-0.4, -0.2) is 60.9 Å². The van der Waals surface area contributed by atoms with E-state index in [0.29, 0.717) is 11.1 Å². The molecule has 5 aliphatic rings. The molecule has 0 heterocycles. The van der Waals surface area contributed by atoms with Crippen molar-refractivity contribution in [2.75, 3.05) is 0 Å². The molecule has 0 aromatic heterocycles. The highest BCUT2D eigenvalue weighted by atomic mass is 16.3. The minimum Gasteiger partial charge on any atom is -0.507 e. The number of hydrogen-bond acceptors (Lipinski definition) is 9. The van der Waals surface area contributed by atoms with Crippen LogP contribution in [0.15, 0.2) is 41.0 Å². The van der Waals surface area contributed by atoms with E-state index in [4.69, 9.17) is 0 Å². The van der Waals surface area contributed by atoms with Gasteiger partial charge in [0.05, 0.1) is 40.2 Å². The zero-order valence-corrected chi connectivity index (χ0v) is 20.3. The van der Waals surface area contributed by atoms with Crippen LogP contribution in [0.4, 0.5) is 0 Å². The molecule has 5 N–H and O–H groups in total. The monoisotopic (exact) mass is 514 g/mol. The number of Topliss-reactive ketones (excluding diaryl/α,β-unsaturated/α-hetero) is 4. The van der Waals surface area contributed by atoms with Gasteiger partial charge in [0.1, 0.15) is 17.3 Å². The van der Waals surface area contributed by atoms with Crippen molar-refractivity contribution in [2.45, 2.75) is 32.5 Å². The number of aliphatic hydroxyl groups is 3. The van der Waals surface area contributed by atoms with Gasteiger partial charge in [-0.2, -0.15) is 0 Å². The van der Waals surface area contributed by atoms with Crippen LogP contribution in [0.5, 0.6) is 11.5 Å². The number of aromatic hydroxyl groups is 2. The fraction of sp³-hybridized carbons (Fsp3) is 0.310. The maximum absolute atomic E-state index is 14.2. The Morgan fingerprint density at radius 1 is 0.789 bits per heavy atom. The van der Waals surface area contributed by atoms with Crippen molar-refractivity contribution in [1.82, 2.24) is 0 Å². The van der Waals surface area contributed by atoms with E-state index in [1.54, 1.807) is 13.8 Å². The van der Waals surface area contributed by atoms with Gasteiger partial charge in [-0.1, -0.05) is 0 Å².